The lowest BCUT2D eigenvalue weighted by Gasteiger charge is -2.31. The highest BCUT2D eigenvalue weighted by atomic mass is 15.0. The zero-order chi connectivity index (χ0) is 8.91. The van der Waals surface area contributed by atoms with Gasteiger partial charge < -0.3 is 10.6 Å². The molecular weight excluding hydrogens is 136 g/mol. The van der Waals surface area contributed by atoms with Gasteiger partial charge in [0.15, 0.2) is 0 Å². The fourth-order valence-electron chi connectivity index (χ4n) is 0.862. The molecule has 11 heavy (non-hydrogen) atoms. The van der Waals surface area contributed by atoms with Crippen LogP contribution in [0, 0.1) is 5.92 Å². The van der Waals surface area contributed by atoms with E-state index in [1.54, 1.807) is 0 Å². The molecule has 1 atom stereocenters. The van der Waals surface area contributed by atoms with E-state index < -0.39 is 0 Å². The first kappa shape index (κ1) is 10.9. The highest BCUT2D eigenvalue weighted by Crippen LogP contribution is 2.13. The van der Waals surface area contributed by atoms with Crippen LogP contribution in [-0.4, -0.2) is 25.7 Å². The summed E-state index contributed by atoms with van der Waals surface area (Å²) in [6.45, 7) is 11.0. The summed E-state index contributed by atoms with van der Waals surface area (Å²) in [5, 5.41) is 6.66. The van der Waals surface area contributed by atoms with Crippen LogP contribution in [0.5, 0.6) is 0 Å². The minimum absolute atomic E-state index is 0.238. The lowest BCUT2D eigenvalue weighted by Crippen LogP contribution is -2.46. The van der Waals surface area contributed by atoms with E-state index in [0.29, 0.717) is 5.92 Å². The normalized spacial score (nSPS) is 15.0. The van der Waals surface area contributed by atoms with Gasteiger partial charge in [0.1, 0.15) is 0 Å². The quantitative estimate of drug-likeness (QED) is 0.629. The zero-order valence-corrected chi connectivity index (χ0v) is 8.49. The second kappa shape index (κ2) is 4.73. The number of nitrogens with one attached hydrogen (secondary N) is 2. The lowest BCUT2D eigenvalue weighted by atomic mass is 9.89. The van der Waals surface area contributed by atoms with E-state index in [0.717, 1.165) is 13.1 Å². The fraction of sp³-hybridized carbons (Fsp3) is 1.00. The van der Waals surface area contributed by atoms with Crippen molar-refractivity contribution in [2.45, 2.75) is 33.2 Å². The largest absolute Gasteiger partial charge is 0.317 e. The van der Waals surface area contributed by atoms with Gasteiger partial charge in [-0.15, -0.1) is 0 Å². The fourth-order valence-corrected chi connectivity index (χ4v) is 0.862. The minimum atomic E-state index is 0.238. The molecule has 0 bridgehead atoms. The molecule has 0 aliphatic carbocycles. The van der Waals surface area contributed by atoms with E-state index in [-0.39, 0.29) is 5.54 Å². The molecule has 2 heteroatoms. The van der Waals surface area contributed by atoms with Crippen molar-refractivity contribution < 1.29 is 0 Å². The molecular formula is C9H22N2. The third-order valence-corrected chi connectivity index (χ3v) is 2.58. The standard InChI is InChI=1S/C9H22N2/c1-6-11-7-8(2)9(3,4)10-5/h8,10-11H,6-7H2,1-5H3. The molecule has 2 N–H and O–H groups in total. The van der Waals surface area contributed by atoms with Gasteiger partial charge in [-0.3, -0.25) is 0 Å². The van der Waals surface area contributed by atoms with Gasteiger partial charge in [0.2, 0.25) is 0 Å². The first-order chi connectivity index (χ1) is 5.04. The van der Waals surface area contributed by atoms with Crippen LogP contribution in [0.15, 0.2) is 0 Å². The summed E-state index contributed by atoms with van der Waals surface area (Å²) in [6, 6.07) is 0. The van der Waals surface area contributed by atoms with Gasteiger partial charge in [-0.25, -0.2) is 0 Å². The molecule has 0 spiro atoms. The Hall–Kier alpha value is -0.0800. The average molecular weight is 158 g/mol. The van der Waals surface area contributed by atoms with E-state index in [1.165, 1.54) is 0 Å². The molecule has 68 valence electrons. The van der Waals surface area contributed by atoms with Crippen LogP contribution in [0.4, 0.5) is 0 Å². The summed E-state index contributed by atoms with van der Waals surface area (Å²) in [5.74, 6) is 0.660. The SMILES string of the molecule is CCNCC(C)C(C)(C)NC. The Morgan fingerprint density at radius 2 is 1.91 bits per heavy atom. The third-order valence-electron chi connectivity index (χ3n) is 2.58. The molecule has 0 heterocycles. The monoisotopic (exact) mass is 158 g/mol. The second-order valence-corrected chi connectivity index (χ2v) is 3.68. The Morgan fingerprint density at radius 1 is 1.36 bits per heavy atom. The van der Waals surface area contributed by atoms with E-state index in [2.05, 4.69) is 38.3 Å². The van der Waals surface area contributed by atoms with Crippen molar-refractivity contribution in [2.75, 3.05) is 20.1 Å². The van der Waals surface area contributed by atoms with Crippen molar-refractivity contribution in [3.05, 3.63) is 0 Å². The number of rotatable bonds is 5. The molecule has 0 aromatic heterocycles. The average Bonchev–Trinajstić information content (AvgIpc) is 2.00. The molecule has 0 aromatic carbocycles. The smallest absolute Gasteiger partial charge is 0.0159 e. The Balaban J connectivity index is 3.71. The van der Waals surface area contributed by atoms with Crippen molar-refractivity contribution >= 4 is 0 Å². The summed E-state index contributed by atoms with van der Waals surface area (Å²) in [5.41, 5.74) is 0.238. The molecule has 0 saturated heterocycles. The minimum Gasteiger partial charge on any atom is -0.317 e. The lowest BCUT2D eigenvalue weighted by molar-refractivity contribution is 0.281. The summed E-state index contributed by atoms with van der Waals surface area (Å²) in [4.78, 5) is 0. The van der Waals surface area contributed by atoms with Crippen molar-refractivity contribution in [1.29, 1.82) is 0 Å². The molecule has 1 unspecified atom stereocenters. The first-order valence-corrected chi connectivity index (χ1v) is 4.44. The Kier molecular flexibility index (Phi) is 4.69. The van der Waals surface area contributed by atoms with E-state index in [4.69, 9.17) is 0 Å². The Morgan fingerprint density at radius 3 is 2.27 bits per heavy atom. The zero-order valence-electron chi connectivity index (χ0n) is 8.49. The topological polar surface area (TPSA) is 24.1 Å². The van der Waals surface area contributed by atoms with Gasteiger partial charge in [0.25, 0.3) is 0 Å². The highest BCUT2D eigenvalue weighted by Gasteiger charge is 2.22. The molecule has 0 fully saturated rings. The van der Waals surface area contributed by atoms with Crippen molar-refractivity contribution in [2.24, 2.45) is 5.92 Å². The van der Waals surface area contributed by atoms with Gasteiger partial charge in [0, 0.05) is 5.54 Å². The third kappa shape index (κ3) is 3.73. The molecule has 0 aliphatic rings. The van der Waals surface area contributed by atoms with Crippen LogP contribution in [0.3, 0.4) is 0 Å². The van der Waals surface area contributed by atoms with Gasteiger partial charge in [-0.05, 0) is 39.9 Å². The van der Waals surface area contributed by atoms with Crippen LogP contribution < -0.4 is 10.6 Å². The summed E-state index contributed by atoms with van der Waals surface area (Å²) in [7, 11) is 2.02. The maximum atomic E-state index is 3.35. The number of hydrogen-bond donors (Lipinski definition) is 2. The van der Waals surface area contributed by atoms with Crippen molar-refractivity contribution in [1.82, 2.24) is 10.6 Å². The van der Waals surface area contributed by atoms with Crippen LogP contribution >= 0.6 is 0 Å². The van der Waals surface area contributed by atoms with E-state index >= 15 is 0 Å². The van der Waals surface area contributed by atoms with Gasteiger partial charge in [-0.2, -0.15) is 0 Å². The maximum Gasteiger partial charge on any atom is 0.0159 e. The summed E-state index contributed by atoms with van der Waals surface area (Å²) >= 11 is 0. The summed E-state index contributed by atoms with van der Waals surface area (Å²) < 4.78 is 0. The Bertz CT molecular complexity index is 99.7. The molecule has 0 rings (SSSR count). The number of hydrogen-bond acceptors (Lipinski definition) is 2. The van der Waals surface area contributed by atoms with Crippen molar-refractivity contribution in [3.8, 4) is 0 Å². The molecule has 0 aromatic rings. The second-order valence-electron chi connectivity index (χ2n) is 3.68. The van der Waals surface area contributed by atoms with E-state index in [9.17, 15) is 0 Å². The first-order valence-electron chi connectivity index (χ1n) is 4.44. The predicted octanol–water partition coefficient (Wildman–Crippen LogP) is 1.23. The predicted molar refractivity (Wildman–Crippen MR) is 50.8 cm³/mol. The van der Waals surface area contributed by atoms with Crippen LogP contribution in [-0.2, 0) is 0 Å². The molecule has 0 aliphatic heterocycles. The van der Waals surface area contributed by atoms with Gasteiger partial charge in [0.05, 0.1) is 0 Å². The highest BCUT2D eigenvalue weighted by molar-refractivity contribution is 4.82. The van der Waals surface area contributed by atoms with E-state index in [1.807, 2.05) is 7.05 Å². The van der Waals surface area contributed by atoms with Crippen molar-refractivity contribution in [3.63, 3.8) is 0 Å². The molecule has 2 nitrogen and oxygen atoms in total. The molecule has 0 saturated carbocycles. The molecule has 0 amide bonds. The molecule has 0 radical (unpaired) electrons. The summed E-state index contributed by atoms with van der Waals surface area (Å²) in [6.07, 6.45) is 0. The van der Waals surface area contributed by atoms with Crippen LogP contribution in [0.25, 0.3) is 0 Å². The Labute approximate surface area is 70.8 Å². The van der Waals surface area contributed by atoms with Crippen LogP contribution in [0.1, 0.15) is 27.7 Å². The van der Waals surface area contributed by atoms with Crippen LogP contribution in [0.2, 0.25) is 0 Å². The van der Waals surface area contributed by atoms with Gasteiger partial charge in [-0.1, -0.05) is 13.8 Å². The van der Waals surface area contributed by atoms with Gasteiger partial charge >= 0.3 is 0 Å². The maximum absolute atomic E-state index is 3.35.